The van der Waals surface area contributed by atoms with Crippen molar-refractivity contribution >= 4 is 11.8 Å². The van der Waals surface area contributed by atoms with Gasteiger partial charge in [0.1, 0.15) is 0 Å². The average Bonchev–Trinajstić information content (AvgIpc) is 2.34. The molecule has 0 fully saturated rings. The minimum Gasteiger partial charge on any atom is -0.449 e. The van der Waals surface area contributed by atoms with Crippen molar-refractivity contribution in [2.24, 2.45) is 0 Å². The lowest BCUT2D eigenvalue weighted by atomic mass is 10.1. The second kappa shape index (κ2) is 6.23. The molecule has 0 aromatic heterocycles. The predicted octanol–water partition coefficient (Wildman–Crippen LogP) is 4.68. The molecule has 1 amide bonds. The predicted molar refractivity (Wildman–Crippen MR) is 61.7 cm³/mol. The molecule has 0 spiro atoms. The van der Waals surface area contributed by atoms with Crippen LogP contribution in [0.3, 0.4) is 0 Å². The number of halogens is 6. The number of ether oxygens (including phenoxy) is 1. The summed E-state index contributed by atoms with van der Waals surface area (Å²) in [6.45, 7) is 1.50. The van der Waals surface area contributed by atoms with E-state index in [1.807, 2.05) is 0 Å². The standard InChI is InChI=1S/C12H11F6NO2/c1-2-6-21-10(20)19-9-7(11(13,14)15)4-3-5-8(9)12(16,17)18/h3-5H,2,6H2,1H3,(H,19,20). The molecular weight excluding hydrogens is 304 g/mol. The number of anilines is 1. The Labute approximate surface area is 115 Å². The van der Waals surface area contributed by atoms with Crippen molar-refractivity contribution in [1.82, 2.24) is 0 Å². The maximum atomic E-state index is 12.8. The van der Waals surface area contributed by atoms with Gasteiger partial charge in [-0.15, -0.1) is 0 Å². The lowest BCUT2D eigenvalue weighted by Crippen LogP contribution is -2.22. The molecular formula is C12H11F6NO2. The lowest BCUT2D eigenvalue weighted by Gasteiger charge is -2.18. The number of rotatable bonds is 3. The number of carbonyl (C=O) groups excluding carboxylic acids is 1. The summed E-state index contributed by atoms with van der Waals surface area (Å²) in [6.07, 6.45) is -11.1. The van der Waals surface area contributed by atoms with E-state index >= 15 is 0 Å². The van der Waals surface area contributed by atoms with Crippen LogP contribution in [0.4, 0.5) is 36.8 Å². The largest absolute Gasteiger partial charge is 0.449 e. The van der Waals surface area contributed by atoms with Crippen molar-refractivity contribution in [3.05, 3.63) is 29.3 Å². The maximum Gasteiger partial charge on any atom is 0.418 e. The Kier molecular flexibility index (Phi) is 5.08. The van der Waals surface area contributed by atoms with Gasteiger partial charge in [-0.1, -0.05) is 13.0 Å². The van der Waals surface area contributed by atoms with E-state index in [0.717, 1.165) is 0 Å². The molecule has 1 aromatic carbocycles. The van der Waals surface area contributed by atoms with Crippen molar-refractivity contribution in [3.63, 3.8) is 0 Å². The number of alkyl halides is 6. The number of amides is 1. The summed E-state index contributed by atoms with van der Waals surface area (Å²) in [4.78, 5) is 11.3. The smallest absolute Gasteiger partial charge is 0.418 e. The van der Waals surface area contributed by atoms with Crippen LogP contribution in [0, 0.1) is 0 Å². The third-order valence-corrected chi connectivity index (χ3v) is 2.34. The highest BCUT2D eigenvalue weighted by Gasteiger charge is 2.41. The zero-order chi connectivity index (χ0) is 16.3. The minimum atomic E-state index is -5.05. The van der Waals surface area contributed by atoms with Crippen molar-refractivity contribution in [3.8, 4) is 0 Å². The van der Waals surface area contributed by atoms with Crippen molar-refractivity contribution in [1.29, 1.82) is 0 Å². The second-order valence-electron chi connectivity index (χ2n) is 3.98. The molecule has 0 atom stereocenters. The van der Waals surface area contributed by atoms with E-state index in [9.17, 15) is 31.1 Å². The van der Waals surface area contributed by atoms with Crippen LogP contribution in [0.1, 0.15) is 24.5 Å². The molecule has 1 rings (SSSR count). The van der Waals surface area contributed by atoms with E-state index in [0.29, 0.717) is 24.6 Å². The van der Waals surface area contributed by atoms with Gasteiger partial charge in [-0.2, -0.15) is 26.3 Å². The Bertz CT molecular complexity index is 477. The van der Waals surface area contributed by atoms with Gasteiger partial charge in [-0.05, 0) is 18.6 Å². The summed E-state index contributed by atoms with van der Waals surface area (Å²) in [5.41, 5.74) is -4.55. The average molecular weight is 315 g/mol. The van der Waals surface area contributed by atoms with Gasteiger partial charge in [0.15, 0.2) is 0 Å². The van der Waals surface area contributed by atoms with Crippen molar-refractivity contribution < 1.29 is 35.9 Å². The fourth-order valence-electron chi connectivity index (χ4n) is 1.49. The second-order valence-corrected chi connectivity index (χ2v) is 3.98. The molecule has 21 heavy (non-hydrogen) atoms. The number of hydrogen-bond donors (Lipinski definition) is 1. The molecule has 0 bridgehead atoms. The SMILES string of the molecule is CCCOC(=O)Nc1c(C(F)(F)F)cccc1C(F)(F)F. The Morgan fingerprint density at radius 1 is 1.10 bits per heavy atom. The lowest BCUT2D eigenvalue weighted by molar-refractivity contribution is -0.141. The van der Waals surface area contributed by atoms with E-state index in [4.69, 9.17) is 0 Å². The van der Waals surface area contributed by atoms with Gasteiger partial charge >= 0.3 is 18.4 Å². The number of nitrogens with one attached hydrogen (secondary N) is 1. The third-order valence-electron chi connectivity index (χ3n) is 2.34. The first-order valence-electron chi connectivity index (χ1n) is 5.78. The van der Waals surface area contributed by atoms with Crippen molar-refractivity contribution in [2.75, 3.05) is 11.9 Å². The molecule has 0 unspecified atom stereocenters. The van der Waals surface area contributed by atoms with Crippen LogP contribution in [0.25, 0.3) is 0 Å². The zero-order valence-electron chi connectivity index (χ0n) is 10.7. The molecule has 0 aliphatic carbocycles. The van der Waals surface area contributed by atoms with Crippen LogP contribution in [0.15, 0.2) is 18.2 Å². The number of para-hydroxylation sites is 1. The van der Waals surface area contributed by atoms with Gasteiger partial charge < -0.3 is 4.74 Å². The Hall–Kier alpha value is -1.93. The van der Waals surface area contributed by atoms with Gasteiger partial charge in [0.05, 0.1) is 23.4 Å². The van der Waals surface area contributed by atoms with Crippen molar-refractivity contribution in [2.45, 2.75) is 25.7 Å². The summed E-state index contributed by atoms with van der Waals surface area (Å²) in [5.74, 6) is 0. The van der Waals surface area contributed by atoms with Gasteiger partial charge in [0.2, 0.25) is 0 Å². The van der Waals surface area contributed by atoms with Crippen LogP contribution in [-0.2, 0) is 17.1 Å². The topological polar surface area (TPSA) is 38.3 Å². The molecule has 0 heterocycles. The molecule has 1 aromatic rings. The number of carbonyl (C=O) groups is 1. The quantitative estimate of drug-likeness (QED) is 0.822. The number of benzene rings is 1. The van der Waals surface area contributed by atoms with Crippen LogP contribution in [-0.4, -0.2) is 12.7 Å². The normalized spacial score (nSPS) is 12.1. The summed E-state index contributed by atoms with van der Waals surface area (Å²) in [7, 11) is 0. The van der Waals surface area contributed by atoms with E-state index in [1.165, 1.54) is 5.32 Å². The Morgan fingerprint density at radius 3 is 1.95 bits per heavy atom. The highest BCUT2D eigenvalue weighted by molar-refractivity contribution is 5.87. The minimum absolute atomic E-state index is 0.124. The molecule has 0 aliphatic heterocycles. The Balaban J connectivity index is 3.27. The van der Waals surface area contributed by atoms with Gasteiger partial charge in [-0.25, -0.2) is 4.79 Å². The van der Waals surface area contributed by atoms with E-state index < -0.39 is 35.3 Å². The van der Waals surface area contributed by atoms with Gasteiger partial charge in [0.25, 0.3) is 0 Å². The zero-order valence-corrected chi connectivity index (χ0v) is 10.7. The van der Waals surface area contributed by atoms with Crippen LogP contribution in [0.5, 0.6) is 0 Å². The van der Waals surface area contributed by atoms with Crippen LogP contribution < -0.4 is 5.32 Å². The van der Waals surface area contributed by atoms with E-state index in [2.05, 4.69) is 4.74 Å². The summed E-state index contributed by atoms with van der Waals surface area (Å²) in [5, 5.41) is 1.53. The van der Waals surface area contributed by atoms with E-state index in [1.54, 1.807) is 6.92 Å². The fraction of sp³-hybridized carbons (Fsp3) is 0.417. The first kappa shape index (κ1) is 17.1. The summed E-state index contributed by atoms with van der Waals surface area (Å²) in [6, 6.07) is 1.52. The molecule has 0 radical (unpaired) electrons. The molecule has 0 saturated heterocycles. The van der Waals surface area contributed by atoms with Crippen LogP contribution >= 0.6 is 0 Å². The first-order valence-corrected chi connectivity index (χ1v) is 5.78. The monoisotopic (exact) mass is 315 g/mol. The van der Waals surface area contributed by atoms with Gasteiger partial charge in [0, 0.05) is 0 Å². The summed E-state index contributed by atoms with van der Waals surface area (Å²) >= 11 is 0. The number of hydrogen-bond acceptors (Lipinski definition) is 2. The third kappa shape index (κ3) is 4.54. The molecule has 0 aliphatic rings. The molecule has 0 saturated carbocycles. The first-order chi connectivity index (χ1) is 9.57. The Morgan fingerprint density at radius 2 is 1.57 bits per heavy atom. The molecule has 9 heteroatoms. The van der Waals surface area contributed by atoms with Gasteiger partial charge in [-0.3, -0.25) is 5.32 Å². The van der Waals surface area contributed by atoms with E-state index in [-0.39, 0.29) is 6.61 Å². The maximum absolute atomic E-state index is 12.8. The molecule has 1 N–H and O–H groups in total. The highest BCUT2D eigenvalue weighted by atomic mass is 19.4. The van der Waals surface area contributed by atoms with Crippen LogP contribution in [0.2, 0.25) is 0 Å². The summed E-state index contributed by atoms with van der Waals surface area (Å²) < 4.78 is 81.0. The molecule has 3 nitrogen and oxygen atoms in total. The fourth-order valence-corrected chi connectivity index (χ4v) is 1.49. The highest BCUT2D eigenvalue weighted by Crippen LogP contribution is 2.42. The molecule has 118 valence electrons.